The molecule has 0 spiro atoms. The van der Waals surface area contributed by atoms with Crippen molar-refractivity contribution in [3.63, 3.8) is 0 Å². The van der Waals surface area contributed by atoms with Gasteiger partial charge in [0.05, 0.1) is 6.04 Å². The van der Waals surface area contributed by atoms with Crippen molar-refractivity contribution in [1.82, 2.24) is 9.88 Å². The number of hydrogen-bond acceptors (Lipinski definition) is 2. The Balaban J connectivity index is 1.92. The van der Waals surface area contributed by atoms with Crippen LogP contribution in [0.4, 0.5) is 0 Å². The second kappa shape index (κ2) is 5.98. The molecule has 3 nitrogen and oxygen atoms in total. The fourth-order valence-electron chi connectivity index (χ4n) is 2.91. The van der Waals surface area contributed by atoms with Crippen molar-refractivity contribution in [3.05, 3.63) is 63.9 Å². The second-order valence-electron chi connectivity index (χ2n) is 5.40. The van der Waals surface area contributed by atoms with Gasteiger partial charge in [-0.25, -0.2) is 0 Å². The molecular weight excluding hydrogens is 328 g/mol. The summed E-state index contributed by atoms with van der Waals surface area (Å²) in [6, 6.07) is 9.99. The summed E-state index contributed by atoms with van der Waals surface area (Å²) in [6.07, 6.45) is 5.68. The van der Waals surface area contributed by atoms with E-state index in [0.717, 1.165) is 40.5 Å². The van der Waals surface area contributed by atoms with Crippen LogP contribution < -0.4 is 0 Å². The Kier molecular flexibility index (Phi) is 4.06. The van der Waals surface area contributed by atoms with Crippen molar-refractivity contribution >= 4 is 21.8 Å². The molecule has 0 radical (unpaired) electrons. The van der Waals surface area contributed by atoms with Crippen molar-refractivity contribution in [2.75, 3.05) is 6.54 Å². The minimum absolute atomic E-state index is 0.111. The number of amides is 1. The van der Waals surface area contributed by atoms with E-state index in [1.165, 1.54) is 0 Å². The number of carbonyl (C=O) groups excluding carboxylic acids is 1. The van der Waals surface area contributed by atoms with Crippen molar-refractivity contribution in [1.29, 1.82) is 0 Å². The fourth-order valence-corrected chi connectivity index (χ4v) is 3.27. The van der Waals surface area contributed by atoms with E-state index >= 15 is 0 Å². The Labute approximate surface area is 133 Å². The number of halogens is 1. The molecule has 1 aromatic heterocycles. The van der Waals surface area contributed by atoms with Crippen LogP contribution in [0.25, 0.3) is 0 Å². The Morgan fingerprint density at radius 1 is 1.38 bits per heavy atom. The molecule has 1 aliphatic rings. The van der Waals surface area contributed by atoms with Gasteiger partial charge in [-0.2, -0.15) is 0 Å². The van der Waals surface area contributed by atoms with E-state index in [2.05, 4.69) is 27.0 Å². The maximum atomic E-state index is 12.9. The van der Waals surface area contributed by atoms with E-state index in [1.807, 2.05) is 42.3 Å². The maximum absolute atomic E-state index is 12.9. The molecule has 2 heterocycles. The van der Waals surface area contributed by atoms with Crippen LogP contribution in [-0.2, 0) is 0 Å². The van der Waals surface area contributed by atoms with E-state index in [4.69, 9.17) is 0 Å². The average Bonchev–Trinajstić information content (AvgIpc) is 2.99. The van der Waals surface area contributed by atoms with Gasteiger partial charge < -0.3 is 4.90 Å². The first-order valence-corrected chi connectivity index (χ1v) is 7.93. The van der Waals surface area contributed by atoms with Gasteiger partial charge in [0.25, 0.3) is 5.91 Å². The molecule has 0 aliphatic carbocycles. The average molecular weight is 345 g/mol. The minimum Gasteiger partial charge on any atom is -0.332 e. The lowest BCUT2D eigenvalue weighted by atomic mass is 10.0. The molecular formula is C17H17BrN2O. The summed E-state index contributed by atoms with van der Waals surface area (Å²) in [5.74, 6) is 0.111. The van der Waals surface area contributed by atoms with Crippen LogP contribution in [0.1, 0.15) is 40.4 Å². The van der Waals surface area contributed by atoms with Gasteiger partial charge in [-0.15, -0.1) is 0 Å². The Hall–Kier alpha value is -1.68. The van der Waals surface area contributed by atoms with Gasteiger partial charge in [0.1, 0.15) is 0 Å². The van der Waals surface area contributed by atoms with Crippen molar-refractivity contribution in [2.45, 2.75) is 25.8 Å². The van der Waals surface area contributed by atoms with E-state index < -0.39 is 0 Å². The third kappa shape index (κ3) is 2.86. The molecule has 3 rings (SSSR count). The highest BCUT2D eigenvalue weighted by Crippen LogP contribution is 2.33. The van der Waals surface area contributed by atoms with Gasteiger partial charge in [0.2, 0.25) is 0 Å². The Morgan fingerprint density at radius 2 is 2.24 bits per heavy atom. The molecule has 1 atom stereocenters. The summed E-state index contributed by atoms with van der Waals surface area (Å²) < 4.78 is 0.938. The first-order valence-electron chi connectivity index (χ1n) is 7.14. The molecule has 1 unspecified atom stereocenters. The quantitative estimate of drug-likeness (QED) is 0.820. The molecule has 1 fully saturated rings. The molecule has 2 aromatic rings. The number of nitrogens with zero attached hydrogens (tertiary/aromatic N) is 2. The minimum atomic E-state index is 0.111. The summed E-state index contributed by atoms with van der Waals surface area (Å²) in [6.45, 7) is 2.79. The van der Waals surface area contributed by atoms with Gasteiger partial charge >= 0.3 is 0 Å². The predicted octanol–water partition coefficient (Wildman–Crippen LogP) is 4.13. The summed E-state index contributed by atoms with van der Waals surface area (Å²) in [5, 5.41) is 0. The summed E-state index contributed by atoms with van der Waals surface area (Å²) >= 11 is 3.45. The predicted molar refractivity (Wildman–Crippen MR) is 86.1 cm³/mol. The topological polar surface area (TPSA) is 33.2 Å². The molecule has 0 N–H and O–H groups in total. The number of aromatic nitrogens is 1. The van der Waals surface area contributed by atoms with Crippen LogP contribution >= 0.6 is 15.9 Å². The zero-order valence-corrected chi connectivity index (χ0v) is 13.5. The standard InChI is InChI=1S/C17H17BrN2O/c1-12-6-7-14(18)10-15(12)17(21)20-9-3-5-16(20)13-4-2-8-19-11-13/h2,4,6-8,10-11,16H,3,5,9H2,1H3. The number of aryl methyl sites for hydroxylation is 1. The third-order valence-corrected chi connectivity index (χ3v) is 4.51. The van der Waals surface area contributed by atoms with Crippen LogP contribution in [0.3, 0.4) is 0 Å². The lowest BCUT2D eigenvalue weighted by Crippen LogP contribution is -2.31. The summed E-state index contributed by atoms with van der Waals surface area (Å²) in [7, 11) is 0. The number of likely N-dealkylation sites (tertiary alicyclic amines) is 1. The zero-order chi connectivity index (χ0) is 14.8. The number of benzene rings is 1. The van der Waals surface area contributed by atoms with Crippen molar-refractivity contribution < 1.29 is 4.79 Å². The van der Waals surface area contributed by atoms with E-state index in [1.54, 1.807) is 6.20 Å². The highest BCUT2D eigenvalue weighted by molar-refractivity contribution is 9.10. The number of rotatable bonds is 2. The van der Waals surface area contributed by atoms with Gasteiger partial charge in [-0.05, 0) is 49.1 Å². The Bertz CT molecular complexity index is 657. The molecule has 4 heteroatoms. The van der Waals surface area contributed by atoms with E-state index in [0.29, 0.717) is 0 Å². The molecule has 21 heavy (non-hydrogen) atoms. The smallest absolute Gasteiger partial charge is 0.254 e. The van der Waals surface area contributed by atoms with Gasteiger partial charge in [-0.1, -0.05) is 28.1 Å². The highest BCUT2D eigenvalue weighted by atomic mass is 79.9. The van der Waals surface area contributed by atoms with Crippen LogP contribution in [0.5, 0.6) is 0 Å². The second-order valence-corrected chi connectivity index (χ2v) is 6.32. The van der Waals surface area contributed by atoms with E-state index in [-0.39, 0.29) is 11.9 Å². The Morgan fingerprint density at radius 3 is 3.00 bits per heavy atom. The lowest BCUT2D eigenvalue weighted by molar-refractivity contribution is 0.0734. The third-order valence-electron chi connectivity index (χ3n) is 4.01. The fraction of sp³-hybridized carbons (Fsp3) is 0.294. The summed E-state index contributed by atoms with van der Waals surface area (Å²) in [4.78, 5) is 19.0. The van der Waals surface area contributed by atoms with Crippen LogP contribution in [0.15, 0.2) is 47.2 Å². The number of pyridine rings is 1. The SMILES string of the molecule is Cc1ccc(Br)cc1C(=O)N1CCCC1c1cccnc1. The van der Waals surface area contributed by atoms with Crippen molar-refractivity contribution in [3.8, 4) is 0 Å². The van der Waals surface area contributed by atoms with Gasteiger partial charge in [0, 0.05) is 29.0 Å². The molecule has 108 valence electrons. The molecule has 1 aliphatic heterocycles. The monoisotopic (exact) mass is 344 g/mol. The number of hydrogen-bond donors (Lipinski definition) is 0. The maximum Gasteiger partial charge on any atom is 0.254 e. The molecule has 0 bridgehead atoms. The summed E-state index contributed by atoms with van der Waals surface area (Å²) in [5.41, 5.74) is 2.91. The lowest BCUT2D eigenvalue weighted by Gasteiger charge is -2.25. The highest BCUT2D eigenvalue weighted by Gasteiger charge is 2.31. The first kappa shape index (κ1) is 14.3. The largest absolute Gasteiger partial charge is 0.332 e. The van der Waals surface area contributed by atoms with Gasteiger partial charge in [0.15, 0.2) is 0 Å². The normalized spacial score (nSPS) is 18.0. The van der Waals surface area contributed by atoms with Crippen LogP contribution in [-0.4, -0.2) is 22.3 Å². The first-order chi connectivity index (χ1) is 10.2. The van der Waals surface area contributed by atoms with E-state index in [9.17, 15) is 4.79 Å². The van der Waals surface area contributed by atoms with Crippen LogP contribution in [0.2, 0.25) is 0 Å². The molecule has 1 aromatic carbocycles. The van der Waals surface area contributed by atoms with Gasteiger partial charge in [-0.3, -0.25) is 9.78 Å². The molecule has 0 saturated carbocycles. The molecule has 1 amide bonds. The van der Waals surface area contributed by atoms with Crippen molar-refractivity contribution in [2.24, 2.45) is 0 Å². The molecule has 1 saturated heterocycles. The number of carbonyl (C=O) groups is 1. The van der Waals surface area contributed by atoms with Crippen LogP contribution in [0, 0.1) is 6.92 Å². The zero-order valence-electron chi connectivity index (χ0n) is 11.9.